The summed E-state index contributed by atoms with van der Waals surface area (Å²) in [4.78, 5) is 24.1. The maximum Gasteiger partial charge on any atom is 0.226 e. The fraction of sp³-hybridized carbons (Fsp3) is 0.479. The first-order chi connectivity index (χ1) is 28.2. The lowest BCUT2D eigenvalue weighted by Gasteiger charge is -2.34. The Hall–Kier alpha value is -4.62. The summed E-state index contributed by atoms with van der Waals surface area (Å²) in [5, 5.41) is 9.92. The van der Waals surface area contributed by atoms with Crippen molar-refractivity contribution in [2.75, 3.05) is 45.9 Å². The molecule has 0 N–H and O–H groups in total. The molecule has 0 saturated carbocycles. The first-order valence-electron chi connectivity index (χ1n) is 21.2. The van der Waals surface area contributed by atoms with Crippen molar-refractivity contribution in [1.82, 2.24) is 19.7 Å². The van der Waals surface area contributed by atoms with E-state index in [0.29, 0.717) is 47.2 Å². The second kappa shape index (κ2) is 20.9. The number of halogens is 1. The Morgan fingerprint density at radius 2 is 1.66 bits per heavy atom. The molecule has 308 valence electrons. The maximum atomic E-state index is 13.0. The SMILES string of the molecule is CCN(CC)C(=O)C1CCCN(CCCOc2cccc(-c3cccc(COc4cc(OCc5cncc(C#N)c5)c(CN5CCCC[C@H]5C)cc4Cl)c3C)c2C)C1. The normalized spacial score (nSPS) is 17.4. The third-order valence-electron chi connectivity index (χ3n) is 12.0. The number of carbonyl (C=O) groups is 1. The van der Waals surface area contributed by atoms with Crippen molar-refractivity contribution in [3.63, 3.8) is 0 Å². The summed E-state index contributed by atoms with van der Waals surface area (Å²) in [7, 11) is 0. The van der Waals surface area contributed by atoms with Crippen LogP contribution in [-0.2, 0) is 24.6 Å². The van der Waals surface area contributed by atoms with E-state index in [1.165, 1.54) is 19.3 Å². The Balaban J connectivity index is 1.11. The molecule has 10 heteroatoms. The maximum absolute atomic E-state index is 13.0. The number of nitrogens with zero attached hydrogens (tertiary/aromatic N) is 5. The zero-order chi connectivity index (χ0) is 41.0. The molecular weight excluding hydrogens is 746 g/mol. The number of likely N-dealkylation sites (tertiary alicyclic amines) is 2. The van der Waals surface area contributed by atoms with Crippen molar-refractivity contribution in [1.29, 1.82) is 5.26 Å². The number of piperidine rings is 2. The highest BCUT2D eigenvalue weighted by atomic mass is 35.5. The Morgan fingerprint density at radius 1 is 0.879 bits per heavy atom. The Kier molecular flexibility index (Phi) is 15.5. The van der Waals surface area contributed by atoms with Gasteiger partial charge in [0.25, 0.3) is 0 Å². The van der Waals surface area contributed by atoms with E-state index in [1.807, 2.05) is 17.0 Å². The molecule has 0 radical (unpaired) electrons. The highest BCUT2D eigenvalue weighted by Gasteiger charge is 2.28. The number of nitriles is 1. The van der Waals surface area contributed by atoms with Crippen molar-refractivity contribution < 1.29 is 19.0 Å². The number of hydrogen-bond acceptors (Lipinski definition) is 8. The van der Waals surface area contributed by atoms with Gasteiger partial charge in [-0.05, 0) is 126 Å². The average molecular weight is 806 g/mol. The second-order valence-corrected chi connectivity index (χ2v) is 16.3. The van der Waals surface area contributed by atoms with Crippen molar-refractivity contribution in [2.24, 2.45) is 5.92 Å². The fourth-order valence-electron chi connectivity index (χ4n) is 8.42. The van der Waals surface area contributed by atoms with Gasteiger partial charge in [-0.3, -0.25) is 14.7 Å². The van der Waals surface area contributed by atoms with E-state index in [1.54, 1.807) is 18.5 Å². The second-order valence-electron chi connectivity index (χ2n) is 15.8. The lowest BCUT2D eigenvalue weighted by atomic mass is 9.93. The number of ether oxygens (including phenoxy) is 3. The number of rotatable bonds is 17. The van der Waals surface area contributed by atoms with Crippen LogP contribution in [0.4, 0.5) is 0 Å². The van der Waals surface area contributed by atoms with E-state index in [-0.39, 0.29) is 12.5 Å². The summed E-state index contributed by atoms with van der Waals surface area (Å²) in [6.45, 7) is 18.0. The van der Waals surface area contributed by atoms with Gasteiger partial charge in [-0.2, -0.15) is 5.26 Å². The third kappa shape index (κ3) is 10.9. The highest BCUT2D eigenvalue weighted by Crippen LogP contribution is 2.37. The summed E-state index contributed by atoms with van der Waals surface area (Å²) in [5.41, 5.74) is 7.89. The molecule has 2 aliphatic rings. The Bertz CT molecular complexity index is 2050. The number of benzene rings is 3. The van der Waals surface area contributed by atoms with Crippen LogP contribution in [0.3, 0.4) is 0 Å². The van der Waals surface area contributed by atoms with Crippen LogP contribution in [0.5, 0.6) is 17.2 Å². The molecule has 6 rings (SSSR count). The standard InChI is InChI=1S/C48H60ClN5O4/c1-6-53(7-2)48(55)39-16-12-20-52(30-39)21-13-23-56-45-19-11-18-43(36(45)5)42-17-10-15-40(35(42)4)33-58-47-26-46(57-32-38-24-37(27-50)28-51-29-38)41(25-44(47)49)31-54-22-9-8-14-34(54)3/h10-11,15,17-19,24-26,28-29,34,39H,6-9,12-14,16,20-23,30-33H2,1-5H3/t34-,39?/m1/s1. The summed E-state index contributed by atoms with van der Waals surface area (Å²) in [5.74, 6) is 2.56. The average Bonchev–Trinajstić information content (AvgIpc) is 3.24. The molecule has 2 aliphatic heterocycles. The van der Waals surface area contributed by atoms with Crippen LogP contribution in [0.2, 0.25) is 5.02 Å². The predicted molar refractivity (Wildman–Crippen MR) is 231 cm³/mol. The van der Waals surface area contributed by atoms with E-state index >= 15 is 0 Å². The van der Waals surface area contributed by atoms with Crippen LogP contribution in [0, 0.1) is 31.1 Å². The molecule has 0 spiro atoms. The van der Waals surface area contributed by atoms with Gasteiger partial charge in [-0.1, -0.05) is 48.4 Å². The summed E-state index contributed by atoms with van der Waals surface area (Å²) < 4.78 is 19.3. The minimum Gasteiger partial charge on any atom is -0.493 e. The molecule has 1 amide bonds. The van der Waals surface area contributed by atoms with Crippen LogP contribution >= 0.6 is 11.6 Å². The highest BCUT2D eigenvalue weighted by molar-refractivity contribution is 6.32. The number of pyridine rings is 1. The lowest BCUT2D eigenvalue weighted by Crippen LogP contribution is -2.45. The monoisotopic (exact) mass is 805 g/mol. The van der Waals surface area contributed by atoms with E-state index in [2.05, 4.69) is 91.9 Å². The van der Waals surface area contributed by atoms with Crippen LogP contribution < -0.4 is 14.2 Å². The molecular formula is C48H60ClN5O4. The molecule has 58 heavy (non-hydrogen) atoms. The molecule has 9 nitrogen and oxygen atoms in total. The van der Waals surface area contributed by atoms with Crippen molar-refractivity contribution in [2.45, 2.75) is 98.9 Å². The van der Waals surface area contributed by atoms with E-state index in [9.17, 15) is 10.1 Å². The quantitative estimate of drug-likeness (QED) is 0.0975. The van der Waals surface area contributed by atoms with Gasteiger partial charge in [0, 0.05) is 68.4 Å². The smallest absolute Gasteiger partial charge is 0.226 e. The molecule has 2 fully saturated rings. The van der Waals surface area contributed by atoms with Gasteiger partial charge >= 0.3 is 0 Å². The van der Waals surface area contributed by atoms with Gasteiger partial charge in [0.05, 0.1) is 23.1 Å². The first kappa shape index (κ1) is 43.0. The van der Waals surface area contributed by atoms with Crippen molar-refractivity contribution in [3.05, 3.63) is 105 Å². The van der Waals surface area contributed by atoms with Crippen molar-refractivity contribution in [3.8, 4) is 34.4 Å². The van der Waals surface area contributed by atoms with Crippen LogP contribution in [0.25, 0.3) is 11.1 Å². The number of amides is 1. The van der Waals surface area contributed by atoms with Crippen molar-refractivity contribution >= 4 is 17.5 Å². The molecule has 0 aliphatic carbocycles. The molecule has 2 atom stereocenters. The van der Waals surface area contributed by atoms with Gasteiger partial charge < -0.3 is 24.0 Å². The number of hydrogen-bond donors (Lipinski definition) is 0. The molecule has 2 saturated heterocycles. The number of carbonyl (C=O) groups excluding carboxylic acids is 1. The van der Waals surface area contributed by atoms with E-state index in [0.717, 1.165) is 110 Å². The van der Waals surface area contributed by atoms with E-state index in [4.69, 9.17) is 25.8 Å². The predicted octanol–water partition coefficient (Wildman–Crippen LogP) is 9.77. The van der Waals surface area contributed by atoms with Crippen LogP contribution in [0.15, 0.2) is 67.0 Å². The largest absolute Gasteiger partial charge is 0.493 e. The molecule has 1 unspecified atom stereocenters. The van der Waals surface area contributed by atoms with Gasteiger partial charge in [0.2, 0.25) is 5.91 Å². The summed E-state index contributed by atoms with van der Waals surface area (Å²) in [6.07, 6.45) is 9.83. The van der Waals surface area contributed by atoms with Gasteiger partial charge in [-0.15, -0.1) is 0 Å². The first-order valence-corrected chi connectivity index (χ1v) is 21.5. The topological polar surface area (TPSA) is 91.2 Å². The van der Waals surface area contributed by atoms with Crippen LogP contribution in [-0.4, -0.2) is 77.5 Å². The zero-order valence-electron chi connectivity index (χ0n) is 35.1. The van der Waals surface area contributed by atoms with Gasteiger partial charge in [0.15, 0.2) is 0 Å². The number of aromatic nitrogens is 1. The molecule has 3 aromatic carbocycles. The Labute approximate surface area is 350 Å². The lowest BCUT2D eigenvalue weighted by molar-refractivity contribution is -0.137. The van der Waals surface area contributed by atoms with E-state index < -0.39 is 0 Å². The fourth-order valence-corrected chi connectivity index (χ4v) is 8.66. The molecule has 4 aromatic rings. The molecule has 3 heterocycles. The third-order valence-corrected chi connectivity index (χ3v) is 12.3. The Morgan fingerprint density at radius 3 is 2.43 bits per heavy atom. The van der Waals surface area contributed by atoms with Gasteiger partial charge in [0.1, 0.15) is 36.5 Å². The molecule has 0 bridgehead atoms. The zero-order valence-corrected chi connectivity index (χ0v) is 35.8. The summed E-state index contributed by atoms with van der Waals surface area (Å²) >= 11 is 6.94. The molecule has 1 aromatic heterocycles. The summed E-state index contributed by atoms with van der Waals surface area (Å²) in [6, 6.07) is 20.9. The minimum atomic E-state index is 0.101. The van der Waals surface area contributed by atoms with Gasteiger partial charge in [-0.25, -0.2) is 0 Å². The van der Waals surface area contributed by atoms with Crippen LogP contribution in [0.1, 0.15) is 92.7 Å². The minimum absolute atomic E-state index is 0.101.